The molecule has 266 valence electrons. The number of nitrogens with one attached hydrogen (secondary N) is 6. The van der Waals surface area contributed by atoms with Crippen LogP contribution in [0.15, 0.2) is 43.0 Å². The van der Waals surface area contributed by atoms with Crippen molar-refractivity contribution in [3.8, 4) is 0 Å². The molecule has 12 N–H and O–H groups in total. The SMILES string of the molecule is CC(C)C[C@H](NC(=O)[C@@H](N)CC(N)=O)C(=O)N[C@H](Cc1c[nH]c2ccccc12)C(=O)N[C@@H](CCCCN)C(=O)N[C@H](C=O)Cc1cnc[nH]1. The number of amides is 5. The molecule has 0 spiro atoms. The molecule has 0 fully saturated rings. The molecule has 5 atom stereocenters. The predicted molar refractivity (Wildman–Crippen MR) is 182 cm³/mol. The van der Waals surface area contributed by atoms with Gasteiger partial charge in [-0.05, 0) is 49.8 Å². The van der Waals surface area contributed by atoms with Crippen molar-refractivity contribution in [2.24, 2.45) is 23.1 Å². The fraction of sp³-hybridized carbons (Fsp3) is 0.485. The zero-order valence-corrected chi connectivity index (χ0v) is 27.9. The Hall–Kier alpha value is -5.09. The van der Waals surface area contributed by atoms with Gasteiger partial charge in [-0.3, -0.25) is 24.0 Å². The summed E-state index contributed by atoms with van der Waals surface area (Å²) in [6.45, 7) is 4.09. The standard InChI is InChI=1S/C33H48N10O6/c1-19(2)11-27(42-30(46)24(35)14-29(36)45)32(48)43-28(12-20-15-38-25-8-4-3-7-23(20)25)33(49)41-26(9-5-6-10-34)31(47)40-22(17-44)13-21-16-37-18-39-21/h3-4,7-8,15-19,22,24,26-28,38H,5-6,9-14,34-35H2,1-2H3,(H2,36,45)(H,37,39)(H,40,47)(H,41,49)(H,42,46)(H,43,48)/t22-,24-,26-,27-,28+/m0/s1. The summed E-state index contributed by atoms with van der Waals surface area (Å²) in [5.74, 6) is -3.44. The minimum absolute atomic E-state index is 0.0407. The second-order valence-corrected chi connectivity index (χ2v) is 12.5. The van der Waals surface area contributed by atoms with E-state index < -0.39 is 66.2 Å². The molecule has 49 heavy (non-hydrogen) atoms. The Balaban J connectivity index is 1.87. The van der Waals surface area contributed by atoms with E-state index in [0.717, 1.165) is 16.5 Å². The van der Waals surface area contributed by atoms with Gasteiger partial charge in [-0.1, -0.05) is 32.0 Å². The van der Waals surface area contributed by atoms with E-state index in [1.807, 2.05) is 38.1 Å². The zero-order chi connectivity index (χ0) is 35.9. The number of carbonyl (C=O) groups excluding carboxylic acids is 6. The Bertz CT molecular complexity index is 1560. The Kier molecular flexibility index (Phi) is 14.9. The van der Waals surface area contributed by atoms with E-state index in [2.05, 4.69) is 36.2 Å². The molecule has 0 saturated carbocycles. The average Bonchev–Trinajstić information content (AvgIpc) is 3.72. The molecular formula is C33H48N10O6. The molecule has 3 aromatic rings. The Morgan fingerprint density at radius 2 is 1.55 bits per heavy atom. The number of para-hydroxylation sites is 1. The molecule has 5 amide bonds. The maximum atomic E-state index is 14.0. The highest BCUT2D eigenvalue weighted by molar-refractivity contribution is 5.96. The molecule has 3 rings (SSSR count). The maximum Gasteiger partial charge on any atom is 0.243 e. The van der Waals surface area contributed by atoms with Crippen LogP contribution in [0.2, 0.25) is 0 Å². The number of imidazole rings is 1. The number of aldehydes is 1. The molecule has 0 unspecified atom stereocenters. The molecule has 2 aromatic heterocycles. The van der Waals surface area contributed by atoms with E-state index in [4.69, 9.17) is 17.2 Å². The second kappa shape index (κ2) is 19.0. The zero-order valence-electron chi connectivity index (χ0n) is 27.9. The molecule has 0 aliphatic rings. The van der Waals surface area contributed by atoms with E-state index in [0.29, 0.717) is 31.4 Å². The first kappa shape index (κ1) is 38.4. The number of fused-ring (bicyclic) bond motifs is 1. The van der Waals surface area contributed by atoms with Gasteiger partial charge in [0, 0.05) is 41.8 Å². The first-order valence-corrected chi connectivity index (χ1v) is 16.3. The minimum atomic E-state index is -1.26. The normalized spacial score (nSPS) is 14.3. The number of hydrogen-bond donors (Lipinski definition) is 9. The number of H-pyrrole nitrogens is 2. The van der Waals surface area contributed by atoms with E-state index in [1.165, 1.54) is 6.33 Å². The molecule has 1 aromatic carbocycles. The Morgan fingerprint density at radius 1 is 0.878 bits per heavy atom. The van der Waals surface area contributed by atoms with E-state index in [1.54, 1.807) is 12.4 Å². The number of rotatable bonds is 21. The lowest BCUT2D eigenvalue weighted by molar-refractivity contribution is -0.134. The predicted octanol–water partition coefficient (Wildman–Crippen LogP) is -0.808. The summed E-state index contributed by atoms with van der Waals surface area (Å²) in [5, 5.41) is 11.7. The summed E-state index contributed by atoms with van der Waals surface area (Å²) in [4.78, 5) is 87.1. The molecule has 16 nitrogen and oxygen atoms in total. The first-order chi connectivity index (χ1) is 23.4. The number of carbonyl (C=O) groups is 6. The lowest BCUT2D eigenvalue weighted by Crippen LogP contribution is -2.59. The van der Waals surface area contributed by atoms with Crippen LogP contribution in [-0.4, -0.2) is 87.5 Å². The van der Waals surface area contributed by atoms with Crippen molar-refractivity contribution in [2.75, 3.05) is 6.54 Å². The molecule has 0 aliphatic heterocycles. The third-order valence-corrected chi connectivity index (χ3v) is 7.90. The van der Waals surface area contributed by atoms with E-state index >= 15 is 0 Å². The van der Waals surface area contributed by atoms with Crippen LogP contribution in [0.1, 0.15) is 57.2 Å². The van der Waals surface area contributed by atoms with Crippen molar-refractivity contribution in [3.63, 3.8) is 0 Å². The van der Waals surface area contributed by atoms with Crippen LogP contribution in [-0.2, 0) is 41.6 Å². The van der Waals surface area contributed by atoms with Crippen molar-refractivity contribution in [1.29, 1.82) is 0 Å². The highest BCUT2D eigenvalue weighted by Gasteiger charge is 2.32. The van der Waals surface area contributed by atoms with Gasteiger partial charge in [0.2, 0.25) is 29.5 Å². The van der Waals surface area contributed by atoms with Gasteiger partial charge in [0.05, 0.1) is 24.8 Å². The van der Waals surface area contributed by atoms with Gasteiger partial charge in [-0.15, -0.1) is 0 Å². The number of aromatic amines is 2. The van der Waals surface area contributed by atoms with Crippen molar-refractivity contribution in [2.45, 2.75) is 89.0 Å². The Morgan fingerprint density at radius 3 is 2.20 bits per heavy atom. The molecule has 16 heteroatoms. The topological polar surface area (TPSA) is 273 Å². The van der Waals surface area contributed by atoms with Crippen LogP contribution in [0.5, 0.6) is 0 Å². The summed E-state index contributed by atoms with van der Waals surface area (Å²) in [7, 11) is 0. The third-order valence-electron chi connectivity index (χ3n) is 7.90. The van der Waals surface area contributed by atoms with Crippen LogP contribution >= 0.6 is 0 Å². The van der Waals surface area contributed by atoms with Crippen molar-refractivity contribution in [1.82, 2.24) is 36.2 Å². The summed E-state index contributed by atoms with van der Waals surface area (Å²) in [6.07, 6.45) is 6.68. The summed E-state index contributed by atoms with van der Waals surface area (Å²) in [5.41, 5.74) is 18.9. The summed E-state index contributed by atoms with van der Waals surface area (Å²) < 4.78 is 0. The van der Waals surface area contributed by atoms with E-state index in [9.17, 15) is 28.8 Å². The van der Waals surface area contributed by atoms with Crippen LogP contribution in [0, 0.1) is 5.92 Å². The van der Waals surface area contributed by atoms with Gasteiger partial charge >= 0.3 is 0 Å². The van der Waals surface area contributed by atoms with Gasteiger partial charge in [0.1, 0.15) is 24.4 Å². The molecule has 0 aliphatic carbocycles. The van der Waals surface area contributed by atoms with Crippen molar-refractivity contribution in [3.05, 3.63) is 54.2 Å². The molecule has 0 bridgehead atoms. The number of nitrogens with zero attached hydrogens (tertiary/aromatic N) is 1. The highest BCUT2D eigenvalue weighted by Crippen LogP contribution is 2.20. The lowest BCUT2D eigenvalue weighted by Gasteiger charge is -2.27. The number of aromatic nitrogens is 3. The second-order valence-electron chi connectivity index (χ2n) is 12.5. The number of unbranched alkanes of at least 4 members (excludes halogenated alkanes) is 1. The summed E-state index contributed by atoms with van der Waals surface area (Å²) in [6, 6.07) is 1.98. The van der Waals surface area contributed by atoms with E-state index in [-0.39, 0.29) is 31.6 Å². The van der Waals surface area contributed by atoms with Gasteiger partial charge in [-0.25, -0.2) is 4.98 Å². The van der Waals surface area contributed by atoms with Crippen molar-refractivity contribution < 1.29 is 28.8 Å². The molecular weight excluding hydrogens is 632 g/mol. The quantitative estimate of drug-likeness (QED) is 0.0502. The molecule has 0 radical (unpaired) electrons. The van der Waals surface area contributed by atoms with Gasteiger partial charge in [-0.2, -0.15) is 0 Å². The highest BCUT2D eigenvalue weighted by atomic mass is 16.2. The van der Waals surface area contributed by atoms with Crippen LogP contribution in [0.3, 0.4) is 0 Å². The monoisotopic (exact) mass is 680 g/mol. The molecule has 2 heterocycles. The first-order valence-electron chi connectivity index (χ1n) is 16.3. The third kappa shape index (κ3) is 12.1. The number of nitrogens with two attached hydrogens (primary N) is 3. The lowest BCUT2D eigenvalue weighted by atomic mass is 9.99. The fourth-order valence-corrected chi connectivity index (χ4v) is 5.38. The Labute approximate surface area is 284 Å². The average molecular weight is 681 g/mol. The number of primary amides is 1. The molecule has 0 saturated heterocycles. The van der Waals surface area contributed by atoms with Crippen LogP contribution in [0.4, 0.5) is 0 Å². The van der Waals surface area contributed by atoms with Gasteiger partial charge < -0.3 is 53.2 Å². The summed E-state index contributed by atoms with van der Waals surface area (Å²) >= 11 is 0. The maximum absolute atomic E-state index is 14.0. The number of benzene rings is 1. The number of hydrogen-bond acceptors (Lipinski definition) is 9. The smallest absolute Gasteiger partial charge is 0.243 e. The minimum Gasteiger partial charge on any atom is -0.370 e. The van der Waals surface area contributed by atoms with Gasteiger partial charge in [0.15, 0.2) is 0 Å². The van der Waals surface area contributed by atoms with Crippen molar-refractivity contribution >= 4 is 46.7 Å². The largest absolute Gasteiger partial charge is 0.370 e. The van der Waals surface area contributed by atoms with Crippen LogP contribution < -0.4 is 38.5 Å². The van der Waals surface area contributed by atoms with Crippen LogP contribution in [0.25, 0.3) is 10.9 Å². The fourth-order valence-electron chi connectivity index (χ4n) is 5.38. The van der Waals surface area contributed by atoms with Gasteiger partial charge in [0.25, 0.3) is 0 Å².